The SMILES string of the molecule is CC.CC.CC.CC.CC.CC.CC.CC.CC.CC.CC(C)C1CCC1.CC(C)N1CCC2CC21.CC(C)N1CCCC1.CC(C)N1CCCCC1.CC(C)N1CCN(C)CC1.CC(C)N1CCOCC1.CC(C)n1ccccc1=O.CC(C)n1ccnc1.CC(C)n1ccnc1.CC(C)n1cnnc1. The predicted molar refractivity (Wildman–Crippen MR) is 479 cm³/mol. The molecule has 2 aliphatic carbocycles. The number of morpholine rings is 1. The quantitative estimate of drug-likeness (QED) is 0.150. The molecule has 9 heterocycles. The smallest absolute Gasteiger partial charge is 0.250 e. The monoisotopic (exact) mass is 1500 g/mol. The molecule has 5 aliphatic heterocycles. The van der Waals surface area contributed by atoms with Gasteiger partial charge in [-0.1, -0.05) is 184 Å². The molecule has 16 heteroatoms. The maximum absolute atomic E-state index is 11.0. The molecule has 0 radical (unpaired) electrons. The Balaban J connectivity index is -0.000000137. The highest BCUT2D eigenvalue weighted by molar-refractivity contribution is 5.02. The summed E-state index contributed by atoms with van der Waals surface area (Å²) in [6.45, 7) is 99.7. The van der Waals surface area contributed by atoms with Gasteiger partial charge in [-0.15, -0.1) is 10.2 Å². The summed E-state index contributed by atoms with van der Waals surface area (Å²) in [4.78, 5) is 33.9. The molecule has 2 atom stereocenters. The van der Waals surface area contributed by atoms with E-state index in [-0.39, 0.29) is 11.6 Å². The van der Waals surface area contributed by atoms with Crippen LogP contribution in [0.1, 0.15) is 365 Å². The zero-order valence-electron chi connectivity index (χ0n) is 79.3. The number of piperazine rings is 1. The summed E-state index contributed by atoms with van der Waals surface area (Å²) in [6.07, 6.45) is 30.9. The van der Waals surface area contributed by atoms with Gasteiger partial charge in [0.1, 0.15) is 12.7 Å². The van der Waals surface area contributed by atoms with Crippen molar-refractivity contribution in [1.29, 1.82) is 0 Å². The number of nitrogens with zero attached hydrogens (tertiary/aromatic N) is 14. The number of aromatic nitrogens is 8. The van der Waals surface area contributed by atoms with Crippen LogP contribution in [0.4, 0.5) is 0 Å². The Labute approximate surface area is 665 Å². The van der Waals surface area contributed by atoms with Crippen molar-refractivity contribution in [3.63, 3.8) is 0 Å². The first-order valence-electron chi connectivity index (χ1n) is 44.3. The third-order valence-electron chi connectivity index (χ3n) is 17.5. The second-order valence-corrected chi connectivity index (χ2v) is 27.6. The van der Waals surface area contributed by atoms with Gasteiger partial charge in [0.15, 0.2) is 0 Å². The summed E-state index contributed by atoms with van der Waals surface area (Å²) in [5.74, 6) is 3.14. The molecule has 2 unspecified atom stereocenters. The average Bonchev–Trinajstić information content (AvgIpc) is 1.62. The summed E-state index contributed by atoms with van der Waals surface area (Å²) in [5, 5.41) is 7.31. The van der Waals surface area contributed by atoms with Gasteiger partial charge in [0.25, 0.3) is 5.56 Å². The molecule has 106 heavy (non-hydrogen) atoms. The number of rotatable bonds is 10. The molecular weight excluding hydrogens is 1310 g/mol. The van der Waals surface area contributed by atoms with Crippen molar-refractivity contribution < 1.29 is 4.74 Å². The number of imidazole rings is 2. The lowest BCUT2D eigenvalue weighted by molar-refractivity contribution is 0.0238. The molecule has 7 aliphatic rings. The van der Waals surface area contributed by atoms with Crippen molar-refractivity contribution in [2.24, 2.45) is 17.8 Å². The fraction of sp³-hybridized carbons (Fsp3) is 0.856. The second-order valence-electron chi connectivity index (χ2n) is 27.6. The Bertz CT molecular complexity index is 2070. The first-order chi connectivity index (χ1) is 50.8. The topological polar surface area (TPSA) is 117 Å². The number of pyridine rings is 1. The Kier molecular flexibility index (Phi) is 98.7. The van der Waals surface area contributed by atoms with Crippen molar-refractivity contribution in [2.45, 2.75) is 402 Å². The van der Waals surface area contributed by atoms with Gasteiger partial charge >= 0.3 is 0 Å². The number of ether oxygens (including phenoxy) is 1. The van der Waals surface area contributed by atoms with Crippen molar-refractivity contribution in [3.05, 3.63) is 84.8 Å². The molecule has 4 aromatic rings. The minimum atomic E-state index is 0.0671. The van der Waals surface area contributed by atoms with Crippen molar-refractivity contribution in [3.8, 4) is 0 Å². The van der Waals surface area contributed by atoms with Gasteiger partial charge in [-0.05, 0) is 227 Å². The van der Waals surface area contributed by atoms with Gasteiger partial charge in [-0.25, -0.2) is 9.97 Å². The molecule has 0 bridgehead atoms. The van der Waals surface area contributed by atoms with Crippen molar-refractivity contribution in [2.75, 3.05) is 92.3 Å². The molecule has 4 aromatic heterocycles. The molecule has 16 nitrogen and oxygen atoms in total. The van der Waals surface area contributed by atoms with Gasteiger partial charge in [-0.3, -0.25) is 19.5 Å². The first-order valence-corrected chi connectivity index (χ1v) is 44.3. The van der Waals surface area contributed by atoms with Crippen LogP contribution in [0.5, 0.6) is 0 Å². The summed E-state index contributed by atoms with van der Waals surface area (Å²) in [5.41, 5.74) is 0.0671. The van der Waals surface area contributed by atoms with Crippen LogP contribution in [0.15, 0.2) is 79.3 Å². The summed E-state index contributed by atoms with van der Waals surface area (Å²) < 4.78 is 13.0. The van der Waals surface area contributed by atoms with E-state index < -0.39 is 0 Å². The standard InChI is InChI=1S/C8H18N2.C8H11NO.C8H15N.C8H17N.C7H15NO.C7H15N.C7H14.2C6H10N2.C5H9N3.10C2H6/c1-8(2)10-6-4-9(3)5-7-10;1-7(2)9-6-4-3-5-8(9)10;1-6(2)9-4-3-7-5-8(7)9;1-8(2)9-6-4-3-5-7-9;1-7(2)8-3-5-9-6-4-8;1-7(2)8-5-3-4-6-8;1-6(2)7-4-3-5-7;2*1-6(2)8-4-3-7-5-8;1-5(2)8-3-6-7-4-8;10*1-2/h8H,4-7H2,1-3H3;3-7H,1-2H3;6-8H,3-5H2,1-2H3;8H,3-7H2,1-2H3;7H,3-6H2,1-2H3;7H,3-6H2,1-2H3;6-7H,3-5H2,1-2H3;2*3-6H,1-2H3;3-5H,1-2H3;10*1-2H3. The fourth-order valence-corrected chi connectivity index (χ4v) is 10.8. The van der Waals surface area contributed by atoms with E-state index in [1.807, 2.05) is 188 Å². The number of likely N-dealkylation sites (tertiary alicyclic amines) is 3. The lowest BCUT2D eigenvalue weighted by Crippen LogP contribution is -2.47. The van der Waals surface area contributed by atoms with E-state index in [0.29, 0.717) is 24.2 Å². The van der Waals surface area contributed by atoms with E-state index in [0.717, 1.165) is 74.3 Å². The van der Waals surface area contributed by atoms with Crippen LogP contribution in [0.2, 0.25) is 0 Å². The molecular formula is C90H194N14O2. The second kappa shape index (κ2) is 86.8. The number of hydrogen-bond acceptors (Lipinski definition) is 12. The van der Waals surface area contributed by atoms with E-state index in [2.05, 4.69) is 190 Å². The van der Waals surface area contributed by atoms with Crippen LogP contribution >= 0.6 is 0 Å². The number of fused-ring (bicyclic) bond motifs is 1. The molecule has 7 fully saturated rings. The lowest BCUT2D eigenvalue weighted by atomic mass is 9.78. The predicted octanol–water partition coefficient (Wildman–Crippen LogP) is 24.2. The van der Waals surface area contributed by atoms with Gasteiger partial charge in [0.05, 0.1) is 25.9 Å². The molecule has 11 rings (SSSR count). The molecule has 0 spiro atoms. The minimum Gasteiger partial charge on any atom is -0.379 e. The summed E-state index contributed by atoms with van der Waals surface area (Å²) in [7, 11) is 2.19. The highest BCUT2D eigenvalue weighted by atomic mass is 16.5. The van der Waals surface area contributed by atoms with Gasteiger partial charge in [-0.2, -0.15) is 0 Å². The van der Waals surface area contributed by atoms with Gasteiger partial charge in [0, 0.05) is 137 Å². The van der Waals surface area contributed by atoms with Crippen LogP contribution < -0.4 is 5.56 Å². The molecule has 2 saturated carbocycles. The maximum Gasteiger partial charge on any atom is 0.250 e. The third-order valence-corrected chi connectivity index (χ3v) is 17.5. The van der Waals surface area contributed by atoms with E-state index in [1.165, 1.54) is 123 Å². The molecule has 0 amide bonds. The number of likely N-dealkylation sites (N-methyl/N-ethyl adjacent to an activating group) is 1. The highest BCUT2D eigenvalue weighted by Crippen LogP contribution is 2.45. The van der Waals surface area contributed by atoms with E-state index in [9.17, 15) is 4.79 Å². The first kappa shape index (κ1) is 121. The normalized spacial score (nSPS) is 16.8. The average molecular weight is 1500 g/mol. The van der Waals surface area contributed by atoms with Crippen LogP contribution in [-0.2, 0) is 4.74 Å². The zero-order chi connectivity index (χ0) is 84.1. The molecule has 0 aromatic carbocycles. The van der Waals surface area contributed by atoms with Gasteiger partial charge in [0.2, 0.25) is 0 Å². The van der Waals surface area contributed by atoms with Crippen LogP contribution in [-0.4, -0.2) is 196 Å². The molecule has 0 N–H and O–H groups in total. The summed E-state index contributed by atoms with van der Waals surface area (Å²) in [6, 6.07) is 11.8. The van der Waals surface area contributed by atoms with Crippen LogP contribution in [0, 0.1) is 17.8 Å². The van der Waals surface area contributed by atoms with Crippen LogP contribution in [0.3, 0.4) is 0 Å². The Morgan fingerprint density at radius 2 is 0.717 bits per heavy atom. The number of hydrogen-bond donors (Lipinski definition) is 0. The minimum absolute atomic E-state index is 0.0671. The Hall–Kier alpha value is -3.77. The largest absolute Gasteiger partial charge is 0.379 e. The Morgan fingerprint density at radius 3 is 0.915 bits per heavy atom. The fourth-order valence-electron chi connectivity index (χ4n) is 10.8. The lowest BCUT2D eigenvalue weighted by Gasteiger charge is -2.34. The van der Waals surface area contributed by atoms with Crippen molar-refractivity contribution in [1.82, 2.24) is 67.8 Å². The van der Waals surface area contributed by atoms with E-state index in [1.54, 1.807) is 47.9 Å². The van der Waals surface area contributed by atoms with Crippen molar-refractivity contribution >= 4 is 0 Å². The van der Waals surface area contributed by atoms with Crippen LogP contribution in [0.25, 0.3) is 0 Å². The molecule has 636 valence electrons. The van der Waals surface area contributed by atoms with E-state index >= 15 is 0 Å². The highest BCUT2D eigenvalue weighted by Gasteiger charge is 2.47. The maximum atomic E-state index is 11.0. The summed E-state index contributed by atoms with van der Waals surface area (Å²) >= 11 is 0. The number of piperidine rings is 2. The zero-order valence-corrected chi connectivity index (χ0v) is 79.3. The van der Waals surface area contributed by atoms with Gasteiger partial charge < -0.3 is 37.7 Å². The molecule has 5 saturated heterocycles. The van der Waals surface area contributed by atoms with E-state index in [4.69, 9.17) is 4.74 Å². The third kappa shape index (κ3) is 66.1. The Morgan fingerprint density at radius 1 is 0.358 bits per heavy atom.